The summed E-state index contributed by atoms with van der Waals surface area (Å²) < 4.78 is 4.28. The van der Waals surface area contributed by atoms with E-state index in [1.54, 1.807) is 24.3 Å². The number of aromatic nitrogens is 2. The minimum atomic E-state index is -0.441. The SMILES string of the molecule is N#Cc1ccc(-c2ccc3c(c2)c2ccccc2n3C2=CC(c3ccc(C#N)c(-n4c5ccccc5c5cc(-c6ccc(C#N)cc6C#N)ccc54)c3)=CCC2C#N)c(C#N)c1. The first-order valence-corrected chi connectivity index (χ1v) is 19.8. The molecule has 9 aromatic rings. The van der Waals surface area contributed by atoms with Crippen molar-refractivity contribution in [1.29, 1.82) is 31.6 Å². The summed E-state index contributed by atoms with van der Waals surface area (Å²) in [5, 5.41) is 63.8. The van der Waals surface area contributed by atoms with E-state index in [2.05, 4.69) is 88.0 Å². The fourth-order valence-electron chi connectivity index (χ4n) is 8.95. The van der Waals surface area contributed by atoms with E-state index in [1.165, 1.54) is 0 Å². The molecule has 0 bridgehead atoms. The monoisotopic (exact) mass is 788 g/mol. The molecule has 7 aromatic carbocycles. The lowest BCUT2D eigenvalue weighted by molar-refractivity contribution is 0.818. The molecule has 0 N–H and O–H groups in total. The Morgan fingerprint density at radius 3 is 1.50 bits per heavy atom. The molecule has 2 aromatic heterocycles. The van der Waals surface area contributed by atoms with Gasteiger partial charge in [0.2, 0.25) is 0 Å². The van der Waals surface area contributed by atoms with E-state index >= 15 is 0 Å². The van der Waals surface area contributed by atoms with Crippen molar-refractivity contribution in [3.63, 3.8) is 0 Å². The Labute approximate surface area is 356 Å². The Kier molecular flexibility index (Phi) is 8.77. The summed E-state index contributed by atoms with van der Waals surface area (Å²) in [6.07, 6.45) is 4.65. The molecule has 8 heteroatoms. The molecule has 284 valence electrons. The largest absolute Gasteiger partial charge is 0.312 e. The minimum absolute atomic E-state index is 0.418. The molecule has 0 aliphatic heterocycles. The summed E-state index contributed by atoms with van der Waals surface area (Å²) in [6, 6.07) is 58.2. The van der Waals surface area contributed by atoms with E-state index in [0.717, 1.165) is 82.7 Å². The number of hydrogen-bond acceptors (Lipinski definition) is 6. The van der Waals surface area contributed by atoms with Crippen LogP contribution < -0.4 is 0 Å². The van der Waals surface area contributed by atoms with Gasteiger partial charge in [0.1, 0.15) is 6.07 Å². The van der Waals surface area contributed by atoms with Gasteiger partial charge in [-0.25, -0.2) is 0 Å². The van der Waals surface area contributed by atoms with Gasteiger partial charge in [0.25, 0.3) is 0 Å². The summed E-state index contributed by atoms with van der Waals surface area (Å²) >= 11 is 0. The van der Waals surface area contributed by atoms with Crippen LogP contribution in [0.5, 0.6) is 0 Å². The Hall–Kier alpha value is -9.44. The first kappa shape index (κ1) is 36.9. The topological polar surface area (TPSA) is 153 Å². The van der Waals surface area contributed by atoms with Crippen molar-refractivity contribution in [3.8, 4) is 64.4 Å². The van der Waals surface area contributed by atoms with E-state index in [1.807, 2.05) is 84.9 Å². The van der Waals surface area contributed by atoms with Crippen LogP contribution in [0.15, 0.2) is 152 Å². The van der Waals surface area contributed by atoms with Crippen molar-refractivity contribution in [1.82, 2.24) is 9.13 Å². The van der Waals surface area contributed by atoms with Gasteiger partial charge in [0.15, 0.2) is 0 Å². The van der Waals surface area contributed by atoms with Crippen LogP contribution in [0.25, 0.3) is 82.8 Å². The number of fused-ring (bicyclic) bond motifs is 6. The maximum atomic E-state index is 10.6. The number of nitrogens with zero attached hydrogens (tertiary/aromatic N) is 8. The third kappa shape index (κ3) is 5.78. The van der Waals surface area contributed by atoms with E-state index in [0.29, 0.717) is 39.9 Å². The number of rotatable bonds is 5. The predicted octanol–water partition coefficient (Wildman–Crippen LogP) is 12.1. The molecule has 10 rings (SSSR count). The van der Waals surface area contributed by atoms with E-state index < -0.39 is 5.92 Å². The van der Waals surface area contributed by atoms with E-state index in [4.69, 9.17) is 0 Å². The van der Waals surface area contributed by atoms with Gasteiger partial charge in [-0.2, -0.15) is 31.6 Å². The number of hydrogen-bond donors (Lipinski definition) is 0. The predicted molar refractivity (Wildman–Crippen MR) is 241 cm³/mol. The van der Waals surface area contributed by atoms with Gasteiger partial charge >= 0.3 is 0 Å². The van der Waals surface area contributed by atoms with Crippen LogP contribution in [-0.4, -0.2) is 9.13 Å². The van der Waals surface area contributed by atoms with Gasteiger partial charge in [-0.15, -0.1) is 0 Å². The molecule has 1 aliphatic carbocycles. The van der Waals surface area contributed by atoms with Gasteiger partial charge < -0.3 is 9.13 Å². The summed E-state index contributed by atoms with van der Waals surface area (Å²) in [5.74, 6) is -0.441. The molecule has 1 aliphatic rings. The Morgan fingerprint density at radius 2 is 0.952 bits per heavy atom. The van der Waals surface area contributed by atoms with Gasteiger partial charge in [0.05, 0.1) is 91.8 Å². The Morgan fingerprint density at radius 1 is 0.435 bits per heavy atom. The maximum absolute atomic E-state index is 10.6. The lowest BCUT2D eigenvalue weighted by Crippen LogP contribution is -2.11. The van der Waals surface area contributed by atoms with Crippen LogP contribution >= 0.6 is 0 Å². The van der Waals surface area contributed by atoms with Crippen molar-refractivity contribution in [3.05, 3.63) is 185 Å². The summed E-state index contributed by atoms with van der Waals surface area (Å²) in [4.78, 5) is 0. The molecular formula is C54H28N8. The quantitative estimate of drug-likeness (QED) is 0.169. The summed E-state index contributed by atoms with van der Waals surface area (Å²) in [6.45, 7) is 0. The number of nitriles is 6. The molecule has 0 saturated carbocycles. The molecular weight excluding hydrogens is 761 g/mol. The number of benzene rings is 7. The van der Waals surface area contributed by atoms with Crippen molar-refractivity contribution in [2.45, 2.75) is 6.42 Å². The third-order valence-corrected chi connectivity index (χ3v) is 11.8. The molecule has 0 amide bonds. The molecule has 0 spiro atoms. The smallest absolute Gasteiger partial charge is 0.101 e. The second-order valence-corrected chi connectivity index (χ2v) is 15.1. The van der Waals surface area contributed by atoms with Crippen molar-refractivity contribution < 1.29 is 0 Å². The first-order valence-electron chi connectivity index (χ1n) is 19.8. The summed E-state index contributed by atoms with van der Waals surface area (Å²) in [7, 11) is 0. The van der Waals surface area contributed by atoms with Crippen LogP contribution in [0.1, 0.15) is 39.8 Å². The third-order valence-electron chi connectivity index (χ3n) is 11.8. The lowest BCUT2D eigenvalue weighted by Gasteiger charge is -2.22. The standard InChI is InChI=1S/C54H28N8/c55-27-33-9-17-43(41(21-33)31-59)37-15-19-51-47(23-37)45-5-1-3-7-49(45)61(51)53-25-35(11-13-39(53)29-57)36-12-14-40(30-58)54(26-36)62-50-8-4-2-6-46(50)48-24-38(16-20-52(48)62)44-18-10-34(28-56)22-42(44)32-60/h1-13,15-26,40H,14H2. The van der Waals surface area contributed by atoms with Crippen molar-refractivity contribution in [2.75, 3.05) is 0 Å². The van der Waals surface area contributed by atoms with Crippen molar-refractivity contribution in [2.24, 2.45) is 5.92 Å². The van der Waals surface area contributed by atoms with Gasteiger partial charge in [-0.3, -0.25) is 0 Å². The van der Waals surface area contributed by atoms with Crippen LogP contribution in [0.3, 0.4) is 0 Å². The minimum Gasteiger partial charge on any atom is -0.312 e. The fourth-order valence-corrected chi connectivity index (χ4v) is 8.95. The molecule has 8 nitrogen and oxygen atoms in total. The first-order chi connectivity index (χ1) is 30.5. The molecule has 0 fully saturated rings. The van der Waals surface area contributed by atoms with Gasteiger partial charge in [-0.05, 0) is 119 Å². The zero-order chi connectivity index (χ0) is 42.5. The average molecular weight is 789 g/mol. The summed E-state index contributed by atoms with van der Waals surface area (Å²) in [5.41, 5.74) is 12.4. The van der Waals surface area contributed by atoms with Crippen LogP contribution in [0.4, 0.5) is 0 Å². The zero-order valence-electron chi connectivity index (χ0n) is 32.8. The number of para-hydroxylation sites is 2. The highest BCUT2D eigenvalue weighted by atomic mass is 15.0. The molecule has 0 saturated heterocycles. The normalized spacial score (nSPS) is 13.4. The van der Waals surface area contributed by atoms with Gasteiger partial charge in [-0.1, -0.05) is 72.8 Å². The van der Waals surface area contributed by atoms with Crippen LogP contribution in [0, 0.1) is 73.9 Å². The highest BCUT2D eigenvalue weighted by Gasteiger charge is 2.25. The van der Waals surface area contributed by atoms with Crippen LogP contribution in [-0.2, 0) is 0 Å². The molecule has 62 heavy (non-hydrogen) atoms. The lowest BCUT2D eigenvalue weighted by atomic mass is 9.90. The average Bonchev–Trinajstić information content (AvgIpc) is 3.85. The zero-order valence-corrected chi connectivity index (χ0v) is 32.8. The van der Waals surface area contributed by atoms with Crippen LogP contribution in [0.2, 0.25) is 0 Å². The molecule has 1 unspecified atom stereocenters. The molecule has 0 radical (unpaired) electrons. The Balaban J connectivity index is 1.12. The van der Waals surface area contributed by atoms with Gasteiger partial charge in [0, 0.05) is 27.2 Å². The fraction of sp³-hybridized carbons (Fsp3) is 0.0370. The second-order valence-electron chi connectivity index (χ2n) is 15.1. The molecule has 1 atom stereocenters. The second kappa shape index (κ2) is 14.7. The van der Waals surface area contributed by atoms with E-state index in [9.17, 15) is 31.6 Å². The number of allylic oxidation sites excluding steroid dienone is 4. The maximum Gasteiger partial charge on any atom is 0.101 e. The highest BCUT2D eigenvalue weighted by Crippen LogP contribution is 2.42. The molecule has 2 heterocycles. The van der Waals surface area contributed by atoms with E-state index in [-0.39, 0.29) is 0 Å². The Bertz CT molecular complexity index is 3760. The van der Waals surface area contributed by atoms with Crippen molar-refractivity contribution >= 4 is 54.9 Å². The highest BCUT2D eigenvalue weighted by molar-refractivity contribution is 6.13.